The zero-order valence-corrected chi connectivity index (χ0v) is 15.1. The van der Waals surface area contributed by atoms with Gasteiger partial charge in [-0.3, -0.25) is 14.7 Å². The van der Waals surface area contributed by atoms with Gasteiger partial charge in [0.25, 0.3) is 5.91 Å². The molecule has 4 rings (SSSR count). The highest BCUT2D eigenvalue weighted by molar-refractivity contribution is 6.30. The maximum Gasteiger partial charge on any atom is 0.255 e. The molecule has 1 saturated heterocycles. The Bertz CT molecular complexity index is 969. The van der Waals surface area contributed by atoms with Crippen LogP contribution in [0.3, 0.4) is 0 Å². The standard InChI is InChI=1S/C20H17ClN4O2/c21-14-6-8-16(9-7-14)25-12-15(10-18(25)26)23-20(27)17-11-22-24-19(17)13-4-2-1-3-5-13/h1-9,11,15H,10,12H2,(H,22,24)(H,23,27). The number of carbonyl (C=O) groups is 2. The predicted octanol–water partition coefficient (Wildman–Crippen LogP) is 3.27. The second kappa shape index (κ2) is 7.25. The van der Waals surface area contributed by atoms with E-state index in [9.17, 15) is 9.59 Å². The molecule has 1 atom stereocenters. The molecule has 2 heterocycles. The second-order valence-electron chi connectivity index (χ2n) is 6.38. The van der Waals surface area contributed by atoms with Gasteiger partial charge in [-0.05, 0) is 24.3 Å². The first kappa shape index (κ1) is 17.3. The highest BCUT2D eigenvalue weighted by atomic mass is 35.5. The third-order valence-corrected chi connectivity index (χ3v) is 4.80. The van der Waals surface area contributed by atoms with E-state index in [2.05, 4.69) is 15.5 Å². The normalized spacial score (nSPS) is 16.6. The van der Waals surface area contributed by atoms with E-state index in [-0.39, 0.29) is 24.3 Å². The highest BCUT2D eigenvalue weighted by Crippen LogP contribution is 2.24. The van der Waals surface area contributed by atoms with Gasteiger partial charge in [0.05, 0.1) is 23.5 Å². The third kappa shape index (κ3) is 3.57. The van der Waals surface area contributed by atoms with Gasteiger partial charge in [-0.25, -0.2) is 0 Å². The van der Waals surface area contributed by atoms with Crippen LogP contribution in [0.1, 0.15) is 16.8 Å². The zero-order chi connectivity index (χ0) is 18.8. The largest absolute Gasteiger partial charge is 0.347 e. The molecule has 0 bridgehead atoms. The molecule has 2 amide bonds. The molecule has 6 nitrogen and oxygen atoms in total. The van der Waals surface area contributed by atoms with Gasteiger partial charge in [-0.1, -0.05) is 41.9 Å². The van der Waals surface area contributed by atoms with Crippen molar-refractivity contribution in [3.63, 3.8) is 0 Å². The quantitative estimate of drug-likeness (QED) is 0.729. The molecule has 1 aromatic heterocycles. The molecule has 2 aromatic carbocycles. The molecule has 7 heteroatoms. The van der Waals surface area contributed by atoms with Gasteiger partial charge >= 0.3 is 0 Å². The Morgan fingerprint density at radius 1 is 1.15 bits per heavy atom. The van der Waals surface area contributed by atoms with Crippen LogP contribution in [-0.4, -0.2) is 34.6 Å². The van der Waals surface area contributed by atoms with Gasteiger partial charge in [-0.15, -0.1) is 0 Å². The van der Waals surface area contributed by atoms with E-state index in [0.717, 1.165) is 11.3 Å². The number of rotatable bonds is 4. The minimum atomic E-state index is -0.265. The number of halogens is 1. The topological polar surface area (TPSA) is 78.1 Å². The molecular formula is C20H17ClN4O2. The van der Waals surface area contributed by atoms with Gasteiger partial charge in [0.2, 0.25) is 5.91 Å². The molecule has 0 aliphatic carbocycles. The van der Waals surface area contributed by atoms with Gasteiger partial charge in [-0.2, -0.15) is 5.10 Å². The minimum absolute atomic E-state index is 0.0295. The van der Waals surface area contributed by atoms with E-state index < -0.39 is 0 Å². The van der Waals surface area contributed by atoms with Crippen LogP contribution in [0.5, 0.6) is 0 Å². The number of H-pyrrole nitrogens is 1. The maximum atomic E-state index is 12.7. The minimum Gasteiger partial charge on any atom is -0.347 e. The summed E-state index contributed by atoms with van der Waals surface area (Å²) in [5.41, 5.74) is 2.77. The molecule has 2 N–H and O–H groups in total. The predicted molar refractivity (Wildman–Crippen MR) is 104 cm³/mol. The Hall–Kier alpha value is -3.12. The van der Waals surface area contributed by atoms with Crippen LogP contribution in [0.2, 0.25) is 5.02 Å². The number of aromatic nitrogens is 2. The molecule has 136 valence electrons. The van der Waals surface area contributed by atoms with Crippen LogP contribution in [0.25, 0.3) is 11.3 Å². The Kier molecular flexibility index (Phi) is 4.64. The zero-order valence-electron chi connectivity index (χ0n) is 14.4. The fourth-order valence-electron chi connectivity index (χ4n) is 3.22. The van der Waals surface area contributed by atoms with E-state index in [1.807, 2.05) is 30.3 Å². The summed E-state index contributed by atoms with van der Waals surface area (Å²) in [4.78, 5) is 26.7. The number of nitrogens with zero attached hydrogens (tertiary/aromatic N) is 2. The number of hydrogen-bond acceptors (Lipinski definition) is 3. The Morgan fingerprint density at radius 3 is 2.63 bits per heavy atom. The molecule has 1 aliphatic heterocycles. The lowest BCUT2D eigenvalue weighted by molar-refractivity contribution is -0.117. The Morgan fingerprint density at radius 2 is 1.89 bits per heavy atom. The number of nitrogens with one attached hydrogen (secondary N) is 2. The van der Waals surface area contributed by atoms with Crippen LogP contribution < -0.4 is 10.2 Å². The van der Waals surface area contributed by atoms with Crippen LogP contribution >= 0.6 is 11.6 Å². The monoisotopic (exact) mass is 380 g/mol. The Balaban J connectivity index is 1.48. The van der Waals surface area contributed by atoms with E-state index in [1.165, 1.54) is 6.20 Å². The van der Waals surface area contributed by atoms with Crippen molar-refractivity contribution in [2.45, 2.75) is 12.5 Å². The lowest BCUT2D eigenvalue weighted by Crippen LogP contribution is -2.37. The summed E-state index contributed by atoms with van der Waals surface area (Å²) in [5.74, 6) is -0.281. The van der Waals surface area contributed by atoms with Crippen molar-refractivity contribution in [2.24, 2.45) is 0 Å². The van der Waals surface area contributed by atoms with Crippen LogP contribution in [-0.2, 0) is 4.79 Å². The number of benzene rings is 2. The first-order chi connectivity index (χ1) is 13.1. The fourth-order valence-corrected chi connectivity index (χ4v) is 3.35. The lowest BCUT2D eigenvalue weighted by atomic mass is 10.1. The molecule has 0 radical (unpaired) electrons. The fraction of sp³-hybridized carbons (Fsp3) is 0.150. The summed E-state index contributed by atoms with van der Waals surface area (Å²) in [6.45, 7) is 0.421. The second-order valence-corrected chi connectivity index (χ2v) is 6.82. The van der Waals surface area contributed by atoms with Gasteiger partial charge < -0.3 is 10.2 Å². The van der Waals surface area contributed by atoms with Crippen molar-refractivity contribution in [1.29, 1.82) is 0 Å². The van der Waals surface area contributed by atoms with Crippen molar-refractivity contribution in [1.82, 2.24) is 15.5 Å². The summed E-state index contributed by atoms with van der Waals surface area (Å²) >= 11 is 5.91. The number of hydrogen-bond donors (Lipinski definition) is 2. The van der Waals surface area contributed by atoms with Crippen molar-refractivity contribution in [2.75, 3.05) is 11.4 Å². The highest BCUT2D eigenvalue weighted by Gasteiger charge is 2.32. The van der Waals surface area contributed by atoms with Crippen LogP contribution in [0.15, 0.2) is 60.8 Å². The average Bonchev–Trinajstić information content (AvgIpc) is 3.30. The van der Waals surface area contributed by atoms with Crippen LogP contribution in [0.4, 0.5) is 5.69 Å². The molecule has 27 heavy (non-hydrogen) atoms. The number of carbonyl (C=O) groups excluding carboxylic acids is 2. The molecular weight excluding hydrogens is 364 g/mol. The SMILES string of the molecule is O=C(NC1CC(=O)N(c2ccc(Cl)cc2)C1)c1cn[nH]c1-c1ccccc1. The molecule has 0 saturated carbocycles. The number of amides is 2. The molecule has 1 aliphatic rings. The number of anilines is 1. The maximum absolute atomic E-state index is 12.7. The summed E-state index contributed by atoms with van der Waals surface area (Å²) in [7, 11) is 0. The molecule has 1 fully saturated rings. The average molecular weight is 381 g/mol. The van der Waals surface area contributed by atoms with Crippen LogP contribution in [0, 0.1) is 0 Å². The molecule has 1 unspecified atom stereocenters. The first-order valence-electron chi connectivity index (χ1n) is 8.57. The van der Waals surface area contributed by atoms with Crippen molar-refractivity contribution in [3.8, 4) is 11.3 Å². The molecule has 3 aromatic rings. The Labute approximate surface area is 161 Å². The summed E-state index contributed by atoms with van der Waals surface area (Å²) < 4.78 is 0. The summed E-state index contributed by atoms with van der Waals surface area (Å²) in [6.07, 6.45) is 1.76. The van der Waals surface area contributed by atoms with Gasteiger partial charge in [0, 0.05) is 29.2 Å². The third-order valence-electron chi connectivity index (χ3n) is 4.54. The van der Waals surface area contributed by atoms with E-state index in [4.69, 9.17) is 11.6 Å². The van der Waals surface area contributed by atoms with Crippen molar-refractivity contribution < 1.29 is 9.59 Å². The lowest BCUT2D eigenvalue weighted by Gasteiger charge is -2.17. The van der Waals surface area contributed by atoms with Crippen molar-refractivity contribution >= 4 is 29.1 Å². The first-order valence-corrected chi connectivity index (χ1v) is 8.95. The summed E-state index contributed by atoms with van der Waals surface area (Å²) in [6, 6.07) is 16.4. The van der Waals surface area contributed by atoms with E-state index in [1.54, 1.807) is 29.2 Å². The van der Waals surface area contributed by atoms with Gasteiger partial charge in [0.15, 0.2) is 0 Å². The molecule has 0 spiro atoms. The van der Waals surface area contributed by atoms with Crippen molar-refractivity contribution in [3.05, 3.63) is 71.4 Å². The summed E-state index contributed by atoms with van der Waals surface area (Å²) in [5, 5.41) is 10.4. The number of aromatic amines is 1. The van der Waals surface area contributed by atoms with E-state index in [0.29, 0.717) is 22.8 Å². The van der Waals surface area contributed by atoms with E-state index >= 15 is 0 Å². The smallest absolute Gasteiger partial charge is 0.255 e. The van der Waals surface area contributed by atoms with Gasteiger partial charge in [0.1, 0.15) is 0 Å².